The molecule has 1 saturated heterocycles. The van der Waals surface area contributed by atoms with Gasteiger partial charge in [0.1, 0.15) is 0 Å². The predicted octanol–water partition coefficient (Wildman–Crippen LogP) is 2.99. The Bertz CT molecular complexity index is 493. The minimum absolute atomic E-state index is 0.770. The van der Waals surface area contributed by atoms with Crippen LogP contribution in [0.3, 0.4) is 0 Å². The Morgan fingerprint density at radius 3 is 2.65 bits per heavy atom. The second-order valence-electron chi connectivity index (χ2n) is 6.74. The van der Waals surface area contributed by atoms with Crippen LogP contribution in [0.15, 0.2) is 29.3 Å². The molecule has 0 amide bonds. The first-order valence-electron chi connectivity index (χ1n) is 8.89. The van der Waals surface area contributed by atoms with E-state index in [0.29, 0.717) is 0 Å². The molecule has 0 aliphatic carbocycles. The van der Waals surface area contributed by atoms with Gasteiger partial charge in [-0.3, -0.25) is 4.99 Å². The number of nitrogens with one attached hydrogen (secondary N) is 1. The lowest BCUT2D eigenvalue weighted by atomic mass is 10.0. The van der Waals surface area contributed by atoms with Gasteiger partial charge in [0.15, 0.2) is 5.96 Å². The molecule has 1 N–H and O–H groups in total. The fraction of sp³-hybridized carbons (Fsp3) is 0.632. The summed E-state index contributed by atoms with van der Waals surface area (Å²) in [6, 6.07) is 8.77. The summed E-state index contributed by atoms with van der Waals surface area (Å²) in [5.41, 5.74) is 2.59. The molecular weight excluding hydrogens is 284 g/mol. The van der Waals surface area contributed by atoms with E-state index in [1.165, 1.54) is 24.1 Å². The highest BCUT2D eigenvalue weighted by Gasteiger charge is 2.18. The lowest BCUT2D eigenvalue weighted by molar-refractivity contribution is 0.266. The van der Waals surface area contributed by atoms with Crippen LogP contribution in [0.2, 0.25) is 0 Å². The summed E-state index contributed by atoms with van der Waals surface area (Å²) >= 11 is 0. The van der Waals surface area contributed by atoms with Gasteiger partial charge in [-0.15, -0.1) is 0 Å². The highest BCUT2D eigenvalue weighted by Crippen LogP contribution is 2.16. The third kappa shape index (κ3) is 5.45. The van der Waals surface area contributed by atoms with Crippen molar-refractivity contribution in [2.75, 3.05) is 45.2 Å². The monoisotopic (exact) mass is 316 g/mol. The van der Waals surface area contributed by atoms with Gasteiger partial charge in [0.2, 0.25) is 0 Å². The van der Waals surface area contributed by atoms with Crippen LogP contribution in [-0.4, -0.2) is 51.1 Å². The molecule has 23 heavy (non-hydrogen) atoms. The number of aliphatic imine (C=N–C) groups is 1. The van der Waals surface area contributed by atoms with Gasteiger partial charge in [0, 0.05) is 46.0 Å². The molecule has 1 aliphatic heterocycles. The standard InChI is InChI=1S/C19H32N4/c1-5-20-19(23-14-6-7-16(2)15-23)21-13-12-17-8-10-18(11-9-17)22(3)4/h8-11,16H,5-7,12-15H2,1-4H3,(H,20,21). The number of likely N-dealkylation sites (tertiary alicyclic amines) is 1. The van der Waals surface area contributed by atoms with Gasteiger partial charge in [0.05, 0.1) is 0 Å². The third-order valence-electron chi connectivity index (χ3n) is 4.41. The zero-order valence-electron chi connectivity index (χ0n) is 15.2. The molecule has 1 unspecified atom stereocenters. The summed E-state index contributed by atoms with van der Waals surface area (Å²) in [5, 5.41) is 3.45. The number of anilines is 1. The minimum atomic E-state index is 0.770. The summed E-state index contributed by atoms with van der Waals surface area (Å²) in [7, 11) is 4.14. The van der Waals surface area contributed by atoms with Gasteiger partial charge in [-0.25, -0.2) is 0 Å². The Labute approximate surface area is 141 Å². The fourth-order valence-corrected chi connectivity index (χ4v) is 3.06. The first kappa shape index (κ1) is 17.6. The number of nitrogens with zero attached hydrogens (tertiary/aromatic N) is 3. The van der Waals surface area contributed by atoms with Crippen molar-refractivity contribution in [3.05, 3.63) is 29.8 Å². The molecule has 0 bridgehead atoms. The maximum Gasteiger partial charge on any atom is 0.193 e. The molecule has 0 radical (unpaired) electrons. The van der Waals surface area contributed by atoms with Crippen LogP contribution in [-0.2, 0) is 6.42 Å². The summed E-state index contributed by atoms with van der Waals surface area (Å²) in [5.74, 6) is 1.86. The van der Waals surface area contributed by atoms with Crippen molar-refractivity contribution in [3.63, 3.8) is 0 Å². The van der Waals surface area contributed by atoms with Crippen LogP contribution in [0.1, 0.15) is 32.3 Å². The van der Waals surface area contributed by atoms with Crippen LogP contribution in [0, 0.1) is 5.92 Å². The number of rotatable bonds is 5. The number of hydrogen-bond donors (Lipinski definition) is 1. The first-order valence-corrected chi connectivity index (χ1v) is 8.89. The molecule has 1 aromatic carbocycles. The maximum absolute atomic E-state index is 4.85. The van der Waals surface area contributed by atoms with Crippen molar-refractivity contribution in [2.45, 2.75) is 33.1 Å². The third-order valence-corrected chi connectivity index (χ3v) is 4.41. The lowest BCUT2D eigenvalue weighted by Crippen LogP contribution is -2.46. The number of hydrogen-bond acceptors (Lipinski definition) is 2. The molecule has 2 rings (SSSR count). The summed E-state index contributed by atoms with van der Waals surface area (Å²) < 4.78 is 0. The number of benzene rings is 1. The molecule has 4 nitrogen and oxygen atoms in total. The first-order chi connectivity index (χ1) is 11.1. The van der Waals surface area contributed by atoms with Crippen LogP contribution >= 0.6 is 0 Å². The van der Waals surface area contributed by atoms with Gasteiger partial charge >= 0.3 is 0 Å². The highest BCUT2D eigenvalue weighted by atomic mass is 15.3. The molecule has 1 aromatic rings. The van der Waals surface area contributed by atoms with Crippen molar-refractivity contribution in [3.8, 4) is 0 Å². The van der Waals surface area contributed by atoms with Crippen LogP contribution in [0.4, 0.5) is 5.69 Å². The van der Waals surface area contributed by atoms with Gasteiger partial charge in [-0.2, -0.15) is 0 Å². The van der Waals surface area contributed by atoms with E-state index in [1.54, 1.807) is 0 Å². The van der Waals surface area contributed by atoms with Crippen LogP contribution < -0.4 is 10.2 Å². The Morgan fingerprint density at radius 1 is 1.30 bits per heavy atom. The van der Waals surface area contributed by atoms with Crippen molar-refractivity contribution in [2.24, 2.45) is 10.9 Å². The molecule has 1 heterocycles. The van der Waals surface area contributed by atoms with E-state index >= 15 is 0 Å². The number of piperidine rings is 1. The van der Waals surface area contributed by atoms with Crippen molar-refractivity contribution < 1.29 is 0 Å². The van der Waals surface area contributed by atoms with Crippen LogP contribution in [0.5, 0.6) is 0 Å². The molecule has 4 heteroatoms. The largest absolute Gasteiger partial charge is 0.378 e. The molecule has 0 aromatic heterocycles. The van der Waals surface area contributed by atoms with E-state index in [1.807, 2.05) is 0 Å². The summed E-state index contributed by atoms with van der Waals surface area (Å²) in [6.45, 7) is 8.51. The molecule has 0 saturated carbocycles. The Kier molecular flexibility index (Phi) is 6.75. The van der Waals surface area contributed by atoms with Crippen molar-refractivity contribution in [1.29, 1.82) is 0 Å². The Hall–Kier alpha value is -1.71. The smallest absolute Gasteiger partial charge is 0.193 e. The summed E-state index contributed by atoms with van der Waals surface area (Å²) in [4.78, 5) is 9.40. The van der Waals surface area contributed by atoms with Gasteiger partial charge < -0.3 is 15.1 Å². The molecule has 1 aliphatic rings. The lowest BCUT2D eigenvalue weighted by Gasteiger charge is -2.33. The predicted molar refractivity (Wildman–Crippen MR) is 100 cm³/mol. The van der Waals surface area contributed by atoms with Crippen LogP contribution in [0.25, 0.3) is 0 Å². The van der Waals surface area contributed by atoms with Crippen molar-refractivity contribution >= 4 is 11.6 Å². The normalized spacial score (nSPS) is 18.9. The average Bonchev–Trinajstić information content (AvgIpc) is 2.54. The van der Waals surface area contributed by atoms with Crippen molar-refractivity contribution in [1.82, 2.24) is 10.2 Å². The second-order valence-corrected chi connectivity index (χ2v) is 6.74. The summed E-state index contributed by atoms with van der Waals surface area (Å²) in [6.07, 6.45) is 3.61. The highest BCUT2D eigenvalue weighted by molar-refractivity contribution is 5.80. The Morgan fingerprint density at radius 2 is 2.04 bits per heavy atom. The minimum Gasteiger partial charge on any atom is -0.378 e. The van der Waals surface area contributed by atoms with Gasteiger partial charge in [-0.1, -0.05) is 19.1 Å². The maximum atomic E-state index is 4.85. The SMILES string of the molecule is CCNC(=NCCc1ccc(N(C)C)cc1)N1CCCC(C)C1. The molecule has 1 fully saturated rings. The average molecular weight is 316 g/mol. The molecule has 128 valence electrons. The number of guanidine groups is 1. The zero-order chi connectivity index (χ0) is 16.7. The topological polar surface area (TPSA) is 30.9 Å². The van der Waals surface area contributed by atoms with Gasteiger partial charge in [0.25, 0.3) is 0 Å². The molecular formula is C19H32N4. The van der Waals surface area contributed by atoms with E-state index in [-0.39, 0.29) is 0 Å². The fourth-order valence-electron chi connectivity index (χ4n) is 3.06. The van der Waals surface area contributed by atoms with E-state index in [2.05, 4.69) is 67.3 Å². The van der Waals surface area contributed by atoms with Gasteiger partial charge in [-0.05, 0) is 49.8 Å². The van der Waals surface area contributed by atoms with E-state index in [0.717, 1.165) is 44.5 Å². The Balaban J connectivity index is 1.92. The molecule has 1 atom stereocenters. The molecule has 0 spiro atoms. The second kappa shape index (κ2) is 8.80. The van der Waals surface area contributed by atoms with E-state index in [4.69, 9.17) is 4.99 Å². The zero-order valence-corrected chi connectivity index (χ0v) is 15.2. The van der Waals surface area contributed by atoms with E-state index < -0.39 is 0 Å². The van der Waals surface area contributed by atoms with E-state index in [9.17, 15) is 0 Å². The quantitative estimate of drug-likeness (QED) is 0.669.